The van der Waals surface area contributed by atoms with Gasteiger partial charge in [-0.3, -0.25) is 9.36 Å². The van der Waals surface area contributed by atoms with E-state index in [2.05, 4.69) is 31.2 Å². The molecule has 0 saturated heterocycles. The smallest absolute Gasteiger partial charge is 0.262 e. The van der Waals surface area contributed by atoms with Gasteiger partial charge in [0, 0.05) is 18.2 Å². The predicted octanol–water partition coefficient (Wildman–Crippen LogP) is 4.28. The van der Waals surface area contributed by atoms with E-state index in [1.807, 2.05) is 31.2 Å². The minimum atomic E-state index is -0.0202. The number of hydrazone groups is 1. The number of hydrogen-bond acceptors (Lipinski definition) is 4. The third-order valence-electron chi connectivity index (χ3n) is 5.24. The SMILES string of the molecule is CCn1c(N/N=C2/C[C@@H](C)CC[C@@H]2C(C)C)nc2ccccc2c1=O. The van der Waals surface area contributed by atoms with Gasteiger partial charge in [-0.25, -0.2) is 10.4 Å². The number of aromatic nitrogens is 2. The third kappa shape index (κ3) is 3.60. The van der Waals surface area contributed by atoms with Crippen molar-refractivity contribution in [1.82, 2.24) is 9.55 Å². The van der Waals surface area contributed by atoms with Gasteiger partial charge in [0.1, 0.15) is 0 Å². The van der Waals surface area contributed by atoms with Crippen LogP contribution in [0.5, 0.6) is 0 Å². The molecule has 0 bridgehead atoms. The largest absolute Gasteiger partial charge is 0.277 e. The molecule has 134 valence electrons. The van der Waals surface area contributed by atoms with Gasteiger partial charge in [0.15, 0.2) is 0 Å². The normalized spacial score (nSPS) is 22.7. The van der Waals surface area contributed by atoms with E-state index in [-0.39, 0.29) is 5.56 Å². The molecule has 1 heterocycles. The van der Waals surface area contributed by atoms with Crippen LogP contribution in [0.2, 0.25) is 0 Å². The third-order valence-corrected chi connectivity index (χ3v) is 5.24. The minimum Gasteiger partial charge on any atom is -0.277 e. The summed E-state index contributed by atoms with van der Waals surface area (Å²) in [7, 11) is 0. The molecule has 1 N–H and O–H groups in total. The maximum atomic E-state index is 12.7. The molecule has 5 nitrogen and oxygen atoms in total. The first kappa shape index (κ1) is 17.6. The van der Waals surface area contributed by atoms with Gasteiger partial charge in [-0.2, -0.15) is 5.10 Å². The van der Waals surface area contributed by atoms with Crippen LogP contribution in [0.3, 0.4) is 0 Å². The lowest BCUT2D eigenvalue weighted by Gasteiger charge is -2.30. The Labute approximate surface area is 149 Å². The number of nitrogens with one attached hydrogen (secondary N) is 1. The molecule has 0 unspecified atom stereocenters. The highest BCUT2D eigenvalue weighted by Gasteiger charge is 2.27. The molecule has 3 rings (SSSR count). The van der Waals surface area contributed by atoms with Crippen LogP contribution in [-0.4, -0.2) is 15.3 Å². The number of rotatable bonds is 4. The number of nitrogens with zero attached hydrogens (tertiary/aromatic N) is 3. The van der Waals surface area contributed by atoms with E-state index in [0.29, 0.717) is 41.1 Å². The molecule has 1 aromatic heterocycles. The van der Waals surface area contributed by atoms with E-state index in [0.717, 1.165) is 6.42 Å². The van der Waals surface area contributed by atoms with Crippen LogP contribution in [-0.2, 0) is 6.54 Å². The number of benzene rings is 1. The highest BCUT2D eigenvalue weighted by atomic mass is 16.1. The Bertz CT molecular complexity index is 837. The van der Waals surface area contributed by atoms with Crippen LogP contribution in [0.25, 0.3) is 10.9 Å². The van der Waals surface area contributed by atoms with Crippen molar-refractivity contribution in [3.63, 3.8) is 0 Å². The minimum absolute atomic E-state index is 0.0202. The fraction of sp³-hybridized carbons (Fsp3) is 0.550. The summed E-state index contributed by atoms with van der Waals surface area (Å²) in [6.45, 7) is 9.31. The molecule has 1 aliphatic rings. The van der Waals surface area contributed by atoms with Gasteiger partial charge in [0.05, 0.1) is 10.9 Å². The van der Waals surface area contributed by atoms with Gasteiger partial charge in [-0.15, -0.1) is 0 Å². The summed E-state index contributed by atoms with van der Waals surface area (Å²) >= 11 is 0. The fourth-order valence-corrected chi connectivity index (χ4v) is 3.76. The van der Waals surface area contributed by atoms with Crippen LogP contribution < -0.4 is 11.0 Å². The second-order valence-electron chi connectivity index (χ2n) is 7.45. The summed E-state index contributed by atoms with van der Waals surface area (Å²) in [5, 5.41) is 5.35. The van der Waals surface area contributed by atoms with Gasteiger partial charge in [-0.05, 0) is 50.2 Å². The standard InChI is InChI=1S/C20H28N4O/c1-5-24-19(25)16-8-6-7-9-17(16)21-20(24)23-22-18-12-14(4)10-11-15(18)13(2)3/h6-9,13-15H,5,10-12H2,1-4H3,(H,21,23)/b22-18-/t14-,15+/m0/s1. The second kappa shape index (κ2) is 7.38. The maximum Gasteiger partial charge on any atom is 0.262 e. The summed E-state index contributed by atoms with van der Waals surface area (Å²) in [5.74, 6) is 2.27. The molecule has 1 saturated carbocycles. The predicted molar refractivity (Wildman–Crippen MR) is 104 cm³/mol. The molecule has 0 amide bonds. The zero-order valence-corrected chi connectivity index (χ0v) is 15.6. The van der Waals surface area contributed by atoms with Gasteiger partial charge in [-0.1, -0.05) is 32.9 Å². The van der Waals surface area contributed by atoms with Crippen LogP contribution in [0.4, 0.5) is 5.95 Å². The highest BCUT2D eigenvalue weighted by molar-refractivity contribution is 5.88. The number of para-hydroxylation sites is 1. The average Bonchev–Trinajstić information content (AvgIpc) is 2.60. The Morgan fingerprint density at radius 1 is 1.32 bits per heavy atom. The Hall–Kier alpha value is -2.17. The Morgan fingerprint density at radius 3 is 2.80 bits per heavy atom. The van der Waals surface area contributed by atoms with Crippen molar-refractivity contribution in [3.8, 4) is 0 Å². The first-order valence-corrected chi connectivity index (χ1v) is 9.33. The Morgan fingerprint density at radius 2 is 2.08 bits per heavy atom. The van der Waals surface area contributed by atoms with Gasteiger partial charge in [0.2, 0.25) is 5.95 Å². The zero-order chi connectivity index (χ0) is 18.0. The molecule has 0 spiro atoms. The summed E-state index contributed by atoms with van der Waals surface area (Å²) in [6, 6.07) is 7.46. The van der Waals surface area contributed by atoms with Crippen molar-refractivity contribution in [2.24, 2.45) is 22.9 Å². The van der Waals surface area contributed by atoms with Crippen molar-refractivity contribution in [2.45, 2.75) is 53.5 Å². The molecule has 2 aromatic rings. The molecule has 1 aromatic carbocycles. The second-order valence-corrected chi connectivity index (χ2v) is 7.45. The van der Waals surface area contributed by atoms with E-state index in [1.54, 1.807) is 4.57 Å². The quantitative estimate of drug-likeness (QED) is 0.845. The van der Waals surface area contributed by atoms with E-state index in [1.165, 1.54) is 18.6 Å². The molecule has 0 aliphatic heterocycles. The molecular formula is C20H28N4O. The maximum absolute atomic E-state index is 12.7. The van der Waals surface area contributed by atoms with Crippen molar-refractivity contribution in [1.29, 1.82) is 0 Å². The lowest BCUT2D eigenvalue weighted by molar-refractivity contribution is 0.364. The summed E-state index contributed by atoms with van der Waals surface area (Å²) in [4.78, 5) is 17.3. The molecule has 1 fully saturated rings. The number of hydrogen-bond donors (Lipinski definition) is 1. The fourth-order valence-electron chi connectivity index (χ4n) is 3.76. The van der Waals surface area contributed by atoms with Crippen LogP contribution in [0.15, 0.2) is 34.2 Å². The van der Waals surface area contributed by atoms with E-state index >= 15 is 0 Å². The summed E-state index contributed by atoms with van der Waals surface area (Å²) < 4.78 is 1.66. The molecule has 2 atom stereocenters. The lowest BCUT2D eigenvalue weighted by Crippen LogP contribution is -2.29. The topological polar surface area (TPSA) is 59.3 Å². The van der Waals surface area contributed by atoms with Crippen LogP contribution >= 0.6 is 0 Å². The van der Waals surface area contributed by atoms with Crippen molar-refractivity contribution in [3.05, 3.63) is 34.6 Å². The molecular weight excluding hydrogens is 312 g/mol. The van der Waals surface area contributed by atoms with E-state index in [9.17, 15) is 4.79 Å². The first-order valence-electron chi connectivity index (χ1n) is 9.33. The molecule has 0 radical (unpaired) electrons. The van der Waals surface area contributed by atoms with Gasteiger partial charge >= 0.3 is 0 Å². The zero-order valence-electron chi connectivity index (χ0n) is 15.6. The van der Waals surface area contributed by atoms with Crippen molar-refractivity contribution in [2.75, 3.05) is 5.43 Å². The average molecular weight is 340 g/mol. The summed E-state index contributed by atoms with van der Waals surface area (Å²) in [6.07, 6.45) is 3.46. The first-order chi connectivity index (χ1) is 12.0. The van der Waals surface area contributed by atoms with Crippen molar-refractivity contribution < 1.29 is 0 Å². The van der Waals surface area contributed by atoms with Crippen LogP contribution in [0.1, 0.15) is 47.0 Å². The number of fused-ring (bicyclic) bond motifs is 1. The molecule has 25 heavy (non-hydrogen) atoms. The lowest BCUT2D eigenvalue weighted by atomic mass is 9.76. The highest BCUT2D eigenvalue weighted by Crippen LogP contribution is 2.31. The summed E-state index contributed by atoms with van der Waals surface area (Å²) in [5.41, 5.74) is 5.01. The van der Waals surface area contributed by atoms with Gasteiger partial charge < -0.3 is 0 Å². The van der Waals surface area contributed by atoms with Gasteiger partial charge in [0.25, 0.3) is 5.56 Å². The van der Waals surface area contributed by atoms with Crippen LogP contribution in [0, 0.1) is 17.8 Å². The number of anilines is 1. The van der Waals surface area contributed by atoms with E-state index in [4.69, 9.17) is 5.10 Å². The Balaban J connectivity index is 1.98. The molecule has 1 aliphatic carbocycles. The van der Waals surface area contributed by atoms with E-state index < -0.39 is 0 Å². The molecule has 5 heteroatoms. The monoisotopic (exact) mass is 340 g/mol. The Kier molecular flexibility index (Phi) is 5.21. The van der Waals surface area contributed by atoms with Crippen molar-refractivity contribution >= 4 is 22.6 Å².